The monoisotopic (exact) mass is 432 g/mol. The first kappa shape index (κ1) is 23.1. The van der Waals surface area contributed by atoms with Crippen molar-refractivity contribution in [2.24, 2.45) is 4.99 Å². The smallest absolute Gasteiger partial charge is 0.241 e. The largest absolute Gasteiger partial charge is 0.350 e. The lowest BCUT2D eigenvalue weighted by Gasteiger charge is -2.20. The Morgan fingerprint density at radius 2 is 1.78 bits per heavy atom. The van der Waals surface area contributed by atoms with Gasteiger partial charge in [0.05, 0.1) is 30.5 Å². The number of likely N-dealkylation sites (N-methyl/N-ethyl adjacent to an activating group) is 1. The number of rotatable bonds is 7. The number of benzene rings is 2. The fourth-order valence-electron chi connectivity index (χ4n) is 3.39. The number of hydrogen-bond donors (Lipinski definition) is 2. The van der Waals surface area contributed by atoms with E-state index in [9.17, 15) is 4.79 Å². The van der Waals surface area contributed by atoms with E-state index in [1.807, 2.05) is 54.9 Å². The molecule has 1 heterocycles. The minimum atomic E-state index is -0.0186. The fourth-order valence-corrected chi connectivity index (χ4v) is 3.39. The van der Waals surface area contributed by atoms with E-state index in [-0.39, 0.29) is 18.5 Å². The maximum absolute atomic E-state index is 12.1. The Hall–Kier alpha value is -3.61. The molecule has 1 aromatic heterocycles. The lowest BCUT2D eigenvalue weighted by Crippen LogP contribution is -2.43. The molecule has 0 bridgehead atoms. The van der Waals surface area contributed by atoms with Crippen molar-refractivity contribution in [3.05, 3.63) is 83.2 Å². The number of guanidine groups is 1. The number of aryl methyl sites for hydroxylation is 2. The lowest BCUT2D eigenvalue weighted by atomic mass is 10.1. The van der Waals surface area contributed by atoms with Gasteiger partial charge in [-0.1, -0.05) is 48.5 Å². The van der Waals surface area contributed by atoms with Crippen LogP contribution in [0.3, 0.4) is 0 Å². The van der Waals surface area contributed by atoms with Crippen LogP contribution >= 0.6 is 0 Å². The van der Waals surface area contributed by atoms with Crippen LogP contribution in [0, 0.1) is 13.8 Å². The minimum Gasteiger partial charge on any atom is -0.350 e. The van der Waals surface area contributed by atoms with Crippen LogP contribution in [0.1, 0.15) is 35.5 Å². The van der Waals surface area contributed by atoms with Gasteiger partial charge < -0.3 is 15.5 Å². The first-order valence-electron chi connectivity index (χ1n) is 10.8. The molecular weight excluding hydrogens is 400 g/mol. The Labute approximate surface area is 190 Å². The number of hydrogen-bond acceptors (Lipinski definition) is 3. The Bertz CT molecular complexity index is 1070. The molecule has 0 spiro atoms. The van der Waals surface area contributed by atoms with Gasteiger partial charge in [0.25, 0.3) is 0 Å². The number of nitrogens with zero attached hydrogens (tertiary/aromatic N) is 4. The first-order chi connectivity index (χ1) is 15.3. The van der Waals surface area contributed by atoms with Gasteiger partial charge in [-0.3, -0.25) is 4.79 Å². The number of carbonyl (C=O) groups is 1. The molecule has 7 nitrogen and oxygen atoms in total. The SMILES string of the molecule is Cc1cc(C)n(-c2ccccc2CN=C(NCC(=O)N(C)C)NC(C)c2ccccc2)n1. The number of amides is 1. The predicted octanol–water partition coefficient (Wildman–Crippen LogP) is 3.37. The number of para-hydroxylation sites is 1. The third kappa shape index (κ3) is 5.97. The van der Waals surface area contributed by atoms with Crippen LogP contribution in [0.2, 0.25) is 0 Å². The molecule has 3 rings (SSSR count). The summed E-state index contributed by atoms with van der Waals surface area (Å²) in [6.45, 7) is 6.72. The van der Waals surface area contributed by atoms with Crippen LogP contribution in [-0.4, -0.2) is 47.2 Å². The lowest BCUT2D eigenvalue weighted by molar-refractivity contribution is -0.127. The van der Waals surface area contributed by atoms with Crippen LogP contribution in [-0.2, 0) is 11.3 Å². The van der Waals surface area contributed by atoms with E-state index in [1.54, 1.807) is 19.0 Å². The molecule has 1 unspecified atom stereocenters. The van der Waals surface area contributed by atoms with Gasteiger partial charge in [-0.25, -0.2) is 9.67 Å². The second kappa shape index (κ2) is 10.6. The van der Waals surface area contributed by atoms with Gasteiger partial charge in [0, 0.05) is 19.8 Å². The quantitative estimate of drug-likeness (QED) is 0.443. The van der Waals surface area contributed by atoms with Crippen LogP contribution in [0.25, 0.3) is 5.69 Å². The summed E-state index contributed by atoms with van der Waals surface area (Å²) >= 11 is 0. The van der Waals surface area contributed by atoms with Crippen molar-refractivity contribution in [2.45, 2.75) is 33.4 Å². The highest BCUT2D eigenvalue weighted by Gasteiger charge is 2.12. The Morgan fingerprint density at radius 3 is 2.44 bits per heavy atom. The van der Waals surface area contributed by atoms with E-state index in [0.717, 1.165) is 28.2 Å². The van der Waals surface area contributed by atoms with E-state index in [2.05, 4.69) is 46.9 Å². The van der Waals surface area contributed by atoms with Crippen molar-refractivity contribution in [3.8, 4) is 5.69 Å². The molecule has 0 fully saturated rings. The van der Waals surface area contributed by atoms with Gasteiger partial charge in [0.2, 0.25) is 5.91 Å². The van der Waals surface area contributed by atoms with E-state index < -0.39 is 0 Å². The summed E-state index contributed by atoms with van der Waals surface area (Å²) in [5.41, 5.74) is 5.24. The Kier molecular flexibility index (Phi) is 7.65. The average Bonchev–Trinajstić information content (AvgIpc) is 3.13. The van der Waals surface area contributed by atoms with Crippen molar-refractivity contribution in [3.63, 3.8) is 0 Å². The molecule has 0 radical (unpaired) electrons. The third-order valence-corrected chi connectivity index (χ3v) is 5.20. The summed E-state index contributed by atoms with van der Waals surface area (Å²) in [5, 5.41) is 11.2. The highest BCUT2D eigenvalue weighted by atomic mass is 16.2. The summed E-state index contributed by atoms with van der Waals surface area (Å²) in [4.78, 5) is 18.5. The van der Waals surface area contributed by atoms with E-state index >= 15 is 0 Å². The molecule has 0 saturated carbocycles. The normalized spacial score (nSPS) is 12.3. The molecule has 7 heteroatoms. The zero-order valence-electron chi connectivity index (χ0n) is 19.5. The number of aliphatic imine (C=N–C) groups is 1. The van der Waals surface area contributed by atoms with Gasteiger partial charge in [-0.15, -0.1) is 0 Å². The number of nitrogens with one attached hydrogen (secondary N) is 2. The molecule has 3 aromatic rings. The zero-order chi connectivity index (χ0) is 23.1. The number of carbonyl (C=O) groups excluding carboxylic acids is 1. The molecule has 0 aliphatic heterocycles. The predicted molar refractivity (Wildman–Crippen MR) is 129 cm³/mol. The summed E-state index contributed by atoms with van der Waals surface area (Å²) in [7, 11) is 3.48. The van der Waals surface area contributed by atoms with E-state index in [1.165, 1.54) is 0 Å². The molecule has 32 heavy (non-hydrogen) atoms. The van der Waals surface area contributed by atoms with Crippen molar-refractivity contribution >= 4 is 11.9 Å². The van der Waals surface area contributed by atoms with Gasteiger partial charge in [0.1, 0.15) is 0 Å². The maximum Gasteiger partial charge on any atom is 0.241 e. The summed E-state index contributed by atoms with van der Waals surface area (Å²) < 4.78 is 1.95. The zero-order valence-corrected chi connectivity index (χ0v) is 19.5. The third-order valence-electron chi connectivity index (χ3n) is 5.20. The Balaban J connectivity index is 1.84. The molecule has 1 atom stereocenters. The summed E-state index contributed by atoms with van der Waals surface area (Å²) in [6, 6.07) is 20.4. The second-order valence-corrected chi connectivity index (χ2v) is 8.05. The molecule has 2 aromatic carbocycles. The van der Waals surface area contributed by atoms with Crippen LogP contribution < -0.4 is 10.6 Å². The molecule has 2 N–H and O–H groups in total. The topological polar surface area (TPSA) is 74.6 Å². The highest BCUT2D eigenvalue weighted by Crippen LogP contribution is 2.18. The van der Waals surface area contributed by atoms with Crippen molar-refractivity contribution in [1.29, 1.82) is 0 Å². The van der Waals surface area contributed by atoms with Gasteiger partial charge >= 0.3 is 0 Å². The Morgan fingerprint density at radius 1 is 1.09 bits per heavy atom. The van der Waals surface area contributed by atoms with E-state index in [0.29, 0.717) is 12.5 Å². The molecule has 168 valence electrons. The van der Waals surface area contributed by atoms with E-state index in [4.69, 9.17) is 4.99 Å². The second-order valence-electron chi connectivity index (χ2n) is 8.05. The molecular formula is C25H32N6O. The van der Waals surface area contributed by atoms with Crippen LogP contribution in [0.5, 0.6) is 0 Å². The molecule has 0 saturated heterocycles. The van der Waals surface area contributed by atoms with Crippen molar-refractivity contribution in [1.82, 2.24) is 25.3 Å². The van der Waals surface area contributed by atoms with Gasteiger partial charge in [-0.05, 0) is 44.0 Å². The summed E-state index contributed by atoms with van der Waals surface area (Å²) in [5.74, 6) is 0.564. The van der Waals surface area contributed by atoms with Crippen LogP contribution in [0.4, 0.5) is 0 Å². The van der Waals surface area contributed by atoms with Gasteiger partial charge in [-0.2, -0.15) is 5.10 Å². The molecule has 0 aliphatic carbocycles. The fraction of sp³-hybridized carbons (Fsp3) is 0.320. The van der Waals surface area contributed by atoms with Crippen molar-refractivity contribution < 1.29 is 4.79 Å². The van der Waals surface area contributed by atoms with Crippen LogP contribution in [0.15, 0.2) is 65.7 Å². The minimum absolute atomic E-state index is 0.0186. The summed E-state index contributed by atoms with van der Waals surface area (Å²) in [6.07, 6.45) is 0. The standard InChI is InChI=1S/C25H32N6O/c1-18-15-19(2)31(29-18)23-14-10-9-13-22(23)16-26-25(27-17-24(32)30(4)5)28-20(3)21-11-7-6-8-12-21/h6-15,20H,16-17H2,1-5H3,(H2,26,27,28). The highest BCUT2D eigenvalue weighted by molar-refractivity contribution is 5.86. The molecule has 0 aliphatic rings. The number of aromatic nitrogens is 2. The first-order valence-corrected chi connectivity index (χ1v) is 10.8. The molecule has 1 amide bonds. The van der Waals surface area contributed by atoms with Crippen molar-refractivity contribution in [2.75, 3.05) is 20.6 Å². The maximum atomic E-state index is 12.1. The van der Waals surface area contributed by atoms with Gasteiger partial charge in [0.15, 0.2) is 5.96 Å². The average molecular weight is 433 g/mol.